The molecule has 0 radical (unpaired) electrons. The fourth-order valence-corrected chi connectivity index (χ4v) is 4.22. The first-order valence-corrected chi connectivity index (χ1v) is 12.3. The van der Waals surface area contributed by atoms with E-state index in [-0.39, 0.29) is 24.7 Å². The molecule has 5 nitrogen and oxygen atoms in total. The van der Waals surface area contributed by atoms with Crippen LogP contribution in [0.4, 0.5) is 8.78 Å². The summed E-state index contributed by atoms with van der Waals surface area (Å²) in [6, 6.07) is 17.8. The van der Waals surface area contributed by atoms with Gasteiger partial charge in [-0.05, 0) is 54.1 Å². The molecule has 1 saturated heterocycles. The number of piperazine rings is 1. The summed E-state index contributed by atoms with van der Waals surface area (Å²) in [5.41, 5.74) is 0.749. The smallest absolute Gasteiger partial charge is 0.260 e. The maximum absolute atomic E-state index is 14.1. The SMILES string of the molecule is O=C(COc1ccc(Cl)cc1)N1CCN(C[C@@H](OCc2c(F)cccc2F)c2ccc(Cl)cc2)CC1. The van der Waals surface area contributed by atoms with E-state index in [2.05, 4.69) is 4.90 Å². The fourth-order valence-electron chi connectivity index (χ4n) is 3.97. The summed E-state index contributed by atoms with van der Waals surface area (Å²) >= 11 is 11.9. The van der Waals surface area contributed by atoms with Crippen molar-refractivity contribution >= 4 is 29.1 Å². The predicted octanol–water partition coefficient (Wildman–Crippen LogP) is 5.75. The van der Waals surface area contributed by atoms with E-state index in [4.69, 9.17) is 32.7 Å². The van der Waals surface area contributed by atoms with Gasteiger partial charge < -0.3 is 14.4 Å². The third-order valence-corrected chi connectivity index (χ3v) is 6.56. The summed E-state index contributed by atoms with van der Waals surface area (Å²) in [5, 5.41) is 1.19. The molecule has 1 fully saturated rings. The van der Waals surface area contributed by atoms with Crippen molar-refractivity contribution in [3.63, 3.8) is 0 Å². The second-order valence-electron chi connectivity index (χ2n) is 8.48. The van der Waals surface area contributed by atoms with Crippen molar-refractivity contribution < 1.29 is 23.0 Å². The normalized spacial score (nSPS) is 15.1. The molecule has 0 spiro atoms. The summed E-state index contributed by atoms with van der Waals surface area (Å²) in [6.45, 7) is 2.60. The van der Waals surface area contributed by atoms with Gasteiger partial charge in [-0.2, -0.15) is 0 Å². The maximum atomic E-state index is 14.1. The number of amides is 1. The molecule has 4 rings (SSSR count). The number of hydrogen-bond acceptors (Lipinski definition) is 4. The third kappa shape index (κ3) is 7.17. The number of carbonyl (C=O) groups excluding carboxylic acids is 1. The molecule has 1 atom stereocenters. The molecule has 0 unspecified atom stereocenters. The number of ether oxygens (including phenoxy) is 2. The van der Waals surface area contributed by atoms with Crippen LogP contribution in [-0.2, 0) is 16.1 Å². The monoisotopic (exact) mass is 534 g/mol. The van der Waals surface area contributed by atoms with Crippen LogP contribution in [0.2, 0.25) is 10.0 Å². The molecular formula is C27H26Cl2F2N2O3. The highest BCUT2D eigenvalue weighted by molar-refractivity contribution is 6.30. The van der Waals surface area contributed by atoms with Crippen molar-refractivity contribution in [3.8, 4) is 5.75 Å². The molecule has 0 aliphatic carbocycles. The number of nitrogens with zero attached hydrogens (tertiary/aromatic N) is 2. The van der Waals surface area contributed by atoms with Gasteiger partial charge in [0.25, 0.3) is 5.91 Å². The molecule has 9 heteroatoms. The van der Waals surface area contributed by atoms with Crippen molar-refractivity contribution in [2.75, 3.05) is 39.3 Å². The molecule has 3 aromatic rings. The van der Waals surface area contributed by atoms with Crippen molar-refractivity contribution in [2.45, 2.75) is 12.7 Å². The summed E-state index contributed by atoms with van der Waals surface area (Å²) < 4.78 is 39.8. The molecule has 0 bridgehead atoms. The van der Waals surface area contributed by atoms with Crippen LogP contribution in [0.25, 0.3) is 0 Å². The van der Waals surface area contributed by atoms with Gasteiger partial charge in [0.15, 0.2) is 6.61 Å². The lowest BCUT2D eigenvalue weighted by atomic mass is 10.1. The lowest BCUT2D eigenvalue weighted by molar-refractivity contribution is -0.135. The van der Waals surface area contributed by atoms with E-state index in [0.29, 0.717) is 48.5 Å². The van der Waals surface area contributed by atoms with Crippen molar-refractivity contribution in [1.82, 2.24) is 9.80 Å². The second-order valence-corrected chi connectivity index (χ2v) is 9.35. The van der Waals surface area contributed by atoms with Gasteiger partial charge in [0.05, 0.1) is 12.7 Å². The van der Waals surface area contributed by atoms with Crippen LogP contribution in [0, 0.1) is 11.6 Å². The van der Waals surface area contributed by atoms with Gasteiger partial charge in [0.2, 0.25) is 0 Å². The van der Waals surface area contributed by atoms with E-state index < -0.39 is 17.7 Å². The molecule has 1 amide bonds. The predicted molar refractivity (Wildman–Crippen MR) is 135 cm³/mol. The summed E-state index contributed by atoms with van der Waals surface area (Å²) in [6.07, 6.45) is -0.434. The Morgan fingerprint density at radius 2 is 1.44 bits per heavy atom. The minimum absolute atomic E-state index is 0.0493. The molecule has 0 aromatic heterocycles. The number of benzene rings is 3. The van der Waals surface area contributed by atoms with Crippen LogP contribution in [0.15, 0.2) is 66.7 Å². The summed E-state index contributed by atoms with van der Waals surface area (Å²) in [7, 11) is 0. The van der Waals surface area contributed by atoms with Crippen LogP contribution >= 0.6 is 23.2 Å². The van der Waals surface area contributed by atoms with Crippen molar-refractivity contribution in [1.29, 1.82) is 0 Å². The number of hydrogen-bond donors (Lipinski definition) is 0. The van der Waals surface area contributed by atoms with E-state index >= 15 is 0 Å². The Hall–Kier alpha value is -2.71. The standard InChI is InChI=1S/C27H26Cl2F2N2O3/c28-20-6-4-19(5-7-20)26(36-17-23-24(30)2-1-3-25(23)31)16-32-12-14-33(15-13-32)27(34)18-35-22-10-8-21(29)9-11-22/h1-11,26H,12-18H2/t26-/m1/s1. The zero-order valence-corrected chi connectivity index (χ0v) is 21.0. The number of rotatable bonds is 9. The summed E-state index contributed by atoms with van der Waals surface area (Å²) in [5.74, 6) is -0.790. The van der Waals surface area contributed by atoms with E-state index in [0.717, 1.165) is 5.56 Å². The van der Waals surface area contributed by atoms with Gasteiger partial charge >= 0.3 is 0 Å². The first-order valence-electron chi connectivity index (χ1n) is 11.6. The summed E-state index contributed by atoms with van der Waals surface area (Å²) in [4.78, 5) is 16.5. The van der Waals surface area contributed by atoms with Crippen molar-refractivity contribution in [3.05, 3.63) is 99.5 Å². The van der Waals surface area contributed by atoms with Gasteiger partial charge in [0, 0.05) is 48.3 Å². The molecular weight excluding hydrogens is 509 g/mol. The molecule has 1 aliphatic heterocycles. The lowest BCUT2D eigenvalue weighted by Crippen LogP contribution is -2.50. The first kappa shape index (κ1) is 26.4. The Morgan fingerprint density at radius 1 is 0.861 bits per heavy atom. The van der Waals surface area contributed by atoms with Gasteiger partial charge in [0.1, 0.15) is 17.4 Å². The van der Waals surface area contributed by atoms with Crippen LogP contribution < -0.4 is 4.74 Å². The van der Waals surface area contributed by atoms with Crippen LogP contribution in [0.5, 0.6) is 5.75 Å². The lowest BCUT2D eigenvalue weighted by Gasteiger charge is -2.36. The highest BCUT2D eigenvalue weighted by Crippen LogP contribution is 2.25. The number of halogens is 4. The number of carbonyl (C=O) groups is 1. The largest absolute Gasteiger partial charge is 0.484 e. The van der Waals surface area contributed by atoms with Gasteiger partial charge in [-0.15, -0.1) is 0 Å². The molecule has 1 heterocycles. The van der Waals surface area contributed by atoms with Gasteiger partial charge in [-0.1, -0.05) is 41.4 Å². The molecule has 1 aliphatic rings. The molecule has 0 saturated carbocycles. The Morgan fingerprint density at radius 3 is 2.06 bits per heavy atom. The quantitative estimate of drug-likeness (QED) is 0.350. The van der Waals surface area contributed by atoms with Crippen LogP contribution in [0.1, 0.15) is 17.2 Å². The van der Waals surface area contributed by atoms with Crippen LogP contribution in [-0.4, -0.2) is 55.0 Å². The second kappa shape index (κ2) is 12.5. The van der Waals surface area contributed by atoms with Gasteiger partial charge in [-0.3, -0.25) is 9.69 Å². The zero-order valence-electron chi connectivity index (χ0n) is 19.5. The fraction of sp³-hybridized carbons (Fsp3) is 0.296. The Balaban J connectivity index is 1.33. The average Bonchev–Trinajstić information content (AvgIpc) is 2.88. The molecule has 190 valence electrons. The van der Waals surface area contributed by atoms with Gasteiger partial charge in [-0.25, -0.2) is 8.78 Å². The molecule has 0 N–H and O–H groups in total. The minimum atomic E-state index is -0.641. The molecule has 36 heavy (non-hydrogen) atoms. The molecule has 3 aromatic carbocycles. The van der Waals surface area contributed by atoms with Crippen molar-refractivity contribution in [2.24, 2.45) is 0 Å². The van der Waals surface area contributed by atoms with Crippen LogP contribution in [0.3, 0.4) is 0 Å². The van der Waals surface area contributed by atoms with E-state index in [1.807, 2.05) is 12.1 Å². The average molecular weight is 535 g/mol. The highest BCUT2D eigenvalue weighted by atomic mass is 35.5. The Bertz CT molecular complexity index is 1130. The third-order valence-electron chi connectivity index (χ3n) is 6.06. The first-order chi connectivity index (χ1) is 17.4. The van der Waals surface area contributed by atoms with E-state index in [1.165, 1.54) is 18.2 Å². The highest BCUT2D eigenvalue weighted by Gasteiger charge is 2.25. The minimum Gasteiger partial charge on any atom is -0.484 e. The van der Waals surface area contributed by atoms with E-state index in [1.54, 1.807) is 41.3 Å². The Labute approximate surface area is 219 Å². The van der Waals surface area contributed by atoms with E-state index in [9.17, 15) is 13.6 Å². The topological polar surface area (TPSA) is 42.0 Å². The maximum Gasteiger partial charge on any atom is 0.260 e. The Kier molecular flexibility index (Phi) is 9.15. The zero-order chi connectivity index (χ0) is 25.5.